The van der Waals surface area contributed by atoms with Crippen molar-refractivity contribution in [2.75, 3.05) is 0 Å². The highest BCUT2D eigenvalue weighted by molar-refractivity contribution is 14.1. The van der Waals surface area contributed by atoms with E-state index in [2.05, 4.69) is 248 Å². The molecule has 0 amide bonds. The third-order valence-corrected chi connectivity index (χ3v) is 14.5. The molecule has 2 aliphatic heterocycles. The van der Waals surface area contributed by atoms with Gasteiger partial charge in [0, 0.05) is 16.7 Å². The van der Waals surface area contributed by atoms with Crippen LogP contribution in [0.15, 0.2) is 164 Å². The third kappa shape index (κ3) is 8.27. The predicted molar refractivity (Wildman–Crippen MR) is 260 cm³/mol. The lowest BCUT2D eigenvalue weighted by Crippen LogP contribution is -2.32. The maximum Gasteiger partial charge on any atom is 0.0885 e. The number of rotatable bonds is 10. The fourth-order valence-electron chi connectivity index (χ4n) is 10.6. The van der Waals surface area contributed by atoms with Crippen molar-refractivity contribution >= 4 is 22.6 Å². The Morgan fingerprint density at radius 3 is 1.05 bits per heavy atom. The molecule has 9 rings (SSSR count). The van der Waals surface area contributed by atoms with Gasteiger partial charge in [-0.3, -0.25) is 20.4 Å². The highest BCUT2D eigenvalue weighted by atomic mass is 127. The van der Waals surface area contributed by atoms with Crippen molar-refractivity contribution in [1.82, 2.24) is 20.4 Å². The third-order valence-electron chi connectivity index (χ3n) is 13.3. The molecule has 5 heteroatoms. The minimum Gasteiger partial charge on any atom is -0.289 e. The Kier molecular flexibility index (Phi) is 12.1. The molecule has 2 fully saturated rings. The summed E-state index contributed by atoms with van der Waals surface area (Å²) >= 11 is 2.69. The minimum absolute atomic E-state index is 0.0475. The van der Waals surface area contributed by atoms with Crippen LogP contribution in [0.2, 0.25) is 0 Å². The monoisotopic (exact) mass is 912 g/mol. The number of hydrogen-bond acceptors (Lipinski definition) is 4. The summed E-state index contributed by atoms with van der Waals surface area (Å²) in [5.41, 5.74) is 18.7. The van der Waals surface area contributed by atoms with Crippen LogP contribution in [0.1, 0.15) is 114 Å². The molecule has 7 aromatic rings. The van der Waals surface area contributed by atoms with E-state index in [1.807, 2.05) is 0 Å². The maximum absolute atomic E-state index is 4.28. The fraction of sp³-hybridized carbons (Fsp3) is 0.250. The zero-order valence-electron chi connectivity index (χ0n) is 36.2. The van der Waals surface area contributed by atoms with Gasteiger partial charge in [0.15, 0.2) is 0 Å². The lowest BCUT2D eigenvalue weighted by molar-refractivity contribution is 0.169. The van der Waals surface area contributed by atoms with Crippen molar-refractivity contribution in [2.24, 2.45) is 0 Å². The molecule has 0 radical (unpaired) electrons. The van der Waals surface area contributed by atoms with Crippen LogP contribution in [0.3, 0.4) is 0 Å². The first-order valence-electron chi connectivity index (χ1n) is 21.8. The molecule has 7 aromatic carbocycles. The zero-order chi connectivity index (χ0) is 42.2. The van der Waals surface area contributed by atoms with Gasteiger partial charge in [0.2, 0.25) is 0 Å². The van der Waals surface area contributed by atoms with E-state index in [-0.39, 0.29) is 36.5 Å². The van der Waals surface area contributed by atoms with Gasteiger partial charge in [0.25, 0.3) is 0 Å². The normalized spacial score (nSPS) is 21.9. The first-order valence-corrected chi connectivity index (χ1v) is 22.9. The van der Waals surface area contributed by atoms with Gasteiger partial charge in [-0.05, 0) is 131 Å². The number of nitrogens with one attached hydrogen (secondary N) is 2. The SMILES string of the molecule is Cc1cc(C)c(CN2[C@@H](c3cccc([C@H]4N[C@H](c5ccccc5)[C@@H](c5ccccc5)N4Cc4c(C)cc(C)cc4C)c3I)N[C@H](c3ccccc3)[C@H]2c2ccccc2)c(C)c1. The Hall–Kier alpha value is -4.89. The van der Waals surface area contributed by atoms with Gasteiger partial charge in [-0.2, -0.15) is 0 Å². The van der Waals surface area contributed by atoms with E-state index < -0.39 is 0 Å². The smallest absolute Gasteiger partial charge is 0.0885 e. The van der Waals surface area contributed by atoms with Crippen molar-refractivity contribution in [2.45, 2.75) is 91.1 Å². The van der Waals surface area contributed by atoms with E-state index in [1.54, 1.807) is 0 Å². The van der Waals surface area contributed by atoms with Crippen LogP contribution in [-0.2, 0) is 13.1 Å². The predicted octanol–water partition coefficient (Wildman–Crippen LogP) is 13.3. The Morgan fingerprint density at radius 2 is 0.721 bits per heavy atom. The number of nitrogens with zero attached hydrogens (tertiary/aromatic N) is 2. The molecule has 6 atom stereocenters. The van der Waals surface area contributed by atoms with Crippen molar-refractivity contribution < 1.29 is 0 Å². The van der Waals surface area contributed by atoms with Gasteiger partial charge in [-0.1, -0.05) is 175 Å². The molecule has 61 heavy (non-hydrogen) atoms. The lowest BCUT2D eigenvalue weighted by atomic mass is 9.92. The quantitative estimate of drug-likeness (QED) is 0.134. The van der Waals surface area contributed by atoms with Gasteiger partial charge in [-0.15, -0.1) is 0 Å². The summed E-state index contributed by atoms with van der Waals surface area (Å²) < 4.78 is 1.29. The Morgan fingerprint density at radius 1 is 0.410 bits per heavy atom. The fourth-order valence-corrected chi connectivity index (χ4v) is 11.5. The van der Waals surface area contributed by atoms with Crippen molar-refractivity contribution in [3.05, 3.63) is 245 Å². The van der Waals surface area contributed by atoms with E-state index in [0.29, 0.717) is 0 Å². The van der Waals surface area contributed by atoms with Crippen LogP contribution >= 0.6 is 22.6 Å². The lowest BCUT2D eigenvalue weighted by Gasteiger charge is -2.34. The number of aryl methyl sites for hydroxylation is 6. The van der Waals surface area contributed by atoms with E-state index in [4.69, 9.17) is 0 Å². The first kappa shape index (κ1) is 41.5. The summed E-state index contributed by atoms with van der Waals surface area (Å²) in [5.74, 6) is 0. The highest BCUT2D eigenvalue weighted by Crippen LogP contribution is 2.51. The van der Waals surface area contributed by atoms with Crippen LogP contribution in [0.4, 0.5) is 0 Å². The molecular weight excluding hydrogens is 856 g/mol. The van der Waals surface area contributed by atoms with Gasteiger partial charge >= 0.3 is 0 Å². The van der Waals surface area contributed by atoms with Crippen LogP contribution < -0.4 is 10.6 Å². The van der Waals surface area contributed by atoms with Crippen LogP contribution in [-0.4, -0.2) is 9.80 Å². The van der Waals surface area contributed by atoms with E-state index in [0.717, 1.165) is 13.1 Å². The van der Waals surface area contributed by atoms with Gasteiger partial charge in [0.1, 0.15) is 0 Å². The molecule has 2 N–H and O–H groups in total. The van der Waals surface area contributed by atoms with E-state index in [1.165, 1.54) is 81.5 Å². The Bertz CT molecular complexity index is 2390. The largest absolute Gasteiger partial charge is 0.289 e. The maximum atomic E-state index is 4.28. The number of hydrogen-bond donors (Lipinski definition) is 2. The van der Waals surface area contributed by atoms with Crippen LogP contribution in [0.5, 0.6) is 0 Å². The summed E-state index contributed by atoms with van der Waals surface area (Å²) in [6.07, 6.45) is -0.0951. The molecule has 0 aromatic heterocycles. The van der Waals surface area contributed by atoms with Gasteiger partial charge in [-0.25, -0.2) is 0 Å². The second-order valence-corrected chi connectivity index (χ2v) is 18.6. The molecule has 0 saturated carbocycles. The number of benzene rings is 7. The summed E-state index contributed by atoms with van der Waals surface area (Å²) in [5, 5.41) is 8.56. The Balaban J connectivity index is 1.21. The highest BCUT2D eigenvalue weighted by Gasteiger charge is 2.46. The van der Waals surface area contributed by atoms with E-state index in [9.17, 15) is 0 Å². The van der Waals surface area contributed by atoms with Crippen molar-refractivity contribution in [1.29, 1.82) is 0 Å². The molecule has 2 heterocycles. The number of halogens is 1. The minimum atomic E-state index is -0.0475. The summed E-state index contributed by atoms with van der Waals surface area (Å²) in [6.45, 7) is 15.2. The van der Waals surface area contributed by atoms with Gasteiger partial charge < -0.3 is 0 Å². The molecule has 4 nitrogen and oxygen atoms in total. The average Bonchev–Trinajstić information content (AvgIpc) is 3.83. The van der Waals surface area contributed by atoms with Crippen molar-refractivity contribution in [3.63, 3.8) is 0 Å². The summed E-state index contributed by atoms with van der Waals surface area (Å²) in [7, 11) is 0. The average molecular weight is 913 g/mol. The van der Waals surface area contributed by atoms with Gasteiger partial charge in [0.05, 0.1) is 36.5 Å². The second-order valence-electron chi connectivity index (χ2n) is 17.5. The second kappa shape index (κ2) is 17.8. The standard InChI is InChI=1S/C56H57IN4/c1-36-30-38(3)48(39(4)31-36)34-60-53(44-24-15-9-16-25-44)51(42-20-11-7-12-21-42)58-55(60)46-28-19-29-47(50(46)57)56-59-52(43-22-13-8-14-23-43)54(45-26-17-10-18-27-45)61(56)35-49-40(5)32-37(2)33-41(49)6/h7-33,51-56,58-59H,34-35H2,1-6H3/t51-,52-,53-,54-,55+,56+/m1/s1. The molecule has 0 unspecified atom stereocenters. The molecule has 0 aliphatic carbocycles. The topological polar surface area (TPSA) is 30.5 Å². The molecule has 0 bridgehead atoms. The molecular formula is C56H57IN4. The summed E-state index contributed by atoms with van der Waals surface area (Å²) in [6, 6.07) is 61.3. The Labute approximate surface area is 377 Å². The molecule has 2 saturated heterocycles. The summed E-state index contributed by atoms with van der Waals surface area (Å²) in [4.78, 5) is 5.49. The first-order chi connectivity index (χ1) is 29.7. The van der Waals surface area contributed by atoms with Crippen molar-refractivity contribution in [3.8, 4) is 0 Å². The molecule has 308 valence electrons. The molecule has 0 spiro atoms. The molecule has 2 aliphatic rings. The van der Waals surface area contributed by atoms with Crippen LogP contribution in [0.25, 0.3) is 0 Å². The van der Waals surface area contributed by atoms with E-state index >= 15 is 0 Å². The van der Waals surface area contributed by atoms with Crippen LogP contribution in [0, 0.1) is 45.1 Å². The zero-order valence-corrected chi connectivity index (χ0v) is 38.4.